The van der Waals surface area contributed by atoms with E-state index in [0.717, 1.165) is 17.0 Å². The van der Waals surface area contributed by atoms with Gasteiger partial charge in [0.05, 0.1) is 28.0 Å². The van der Waals surface area contributed by atoms with E-state index in [1.807, 2.05) is 0 Å². The summed E-state index contributed by atoms with van der Waals surface area (Å²) < 4.78 is 86.3. The van der Waals surface area contributed by atoms with E-state index in [1.54, 1.807) is 13.8 Å². The molecule has 4 rings (SSSR count). The molecule has 0 bridgehead atoms. The van der Waals surface area contributed by atoms with E-state index in [2.05, 4.69) is 9.97 Å². The number of halogens is 6. The number of ether oxygens (including phenoxy) is 1. The molecule has 1 fully saturated rings. The third-order valence-corrected chi connectivity index (χ3v) is 6.87. The van der Waals surface area contributed by atoms with Crippen molar-refractivity contribution in [2.24, 2.45) is 5.92 Å². The summed E-state index contributed by atoms with van der Waals surface area (Å²) in [6.07, 6.45) is -4.44. The lowest BCUT2D eigenvalue weighted by molar-refractivity contribution is -0.137. The number of carbonyl (C=O) groups excluding carboxylic acids is 1. The highest BCUT2D eigenvalue weighted by Crippen LogP contribution is 2.38. The topological polar surface area (TPSA) is 55.3 Å². The van der Waals surface area contributed by atoms with Gasteiger partial charge in [0, 0.05) is 18.7 Å². The minimum Gasteiger partial charge on any atom is -0.475 e. The van der Waals surface area contributed by atoms with Crippen LogP contribution in [0, 0.1) is 18.7 Å². The van der Waals surface area contributed by atoms with Gasteiger partial charge in [-0.05, 0) is 36.6 Å². The van der Waals surface area contributed by atoms with Gasteiger partial charge in [0.1, 0.15) is 18.1 Å². The van der Waals surface area contributed by atoms with E-state index in [4.69, 9.17) is 4.74 Å². The number of pyridine rings is 1. The van der Waals surface area contributed by atoms with Gasteiger partial charge in [-0.15, -0.1) is 11.3 Å². The molecule has 0 saturated carbocycles. The van der Waals surface area contributed by atoms with Gasteiger partial charge in [0.15, 0.2) is 0 Å². The summed E-state index contributed by atoms with van der Waals surface area (Å²) in [5.74, 6) is -5.18. The van der Waals surface area contributed by atoms with Gasteiger partial charge in [-0.3, -0.25) is 4.79 Å². The Balaban J connectivity index is 1.60. The van der Waals surface area contributed by atoms with Crippen molar-refractivity contribution >= 4 is 17.2 Å². The lowest BCUT2D eigenvalue weighted by Crippen LogP contribution is -2.57. The first kappa shape index (κ1) is 25.9. The van der Waals surface area contributed by atoms with Crippen molar-refractivity contribution in [2.75, 3.05) is 13.2 Å². The minimum atomic E-state index is -4.56. The van der Waals surface area contributed by atoms with E-state index in [-0.39, 0.29) is 18.2 Å². The first-order valence-corrected chi connectivity index (χ1v) is 11.7. The highest BCUT2D eigenvalue weighted by molar-refractivity contribution is 7.15. The lowest BCUT2D eigenvalue weighted by atomic mass is 9.88. The fourth-order valence-corrected chi connectivity index (χ4v) is 5.05. The minimum absolute atomic E-state index is 0.0355. The first-order chi connectivity index (χ1) is 16.8. The number of likely N-dealkylation sites (tertiary alicyclic amines) is 1. The van der Waals surface area contributed by atoms with Crippen molar-refractivity contribution in [1.29, 1.82) is 0 Å². The summed E-state index contributed by atoms with van der Waals surface area (Å²) in [5, 5.41) is 0.524. The maximum atomic E-state index is 14.5. The number of hydrogen-bond donors (Lipinski definition) is 0. The molecule has 1 saturated heterocycles. The third kappa shape index (κ3) is 5.63. The largest absolute Gasteiger partial charge is 0.475 e. The molecular formula is C24H21F6N3O2S. The molecular weight excluding hydrogens is 508 g/mol. The predicted octanol–water partition coefficient (Wildman–Crippen LogP) is 6.24. The van der Waals surface area contributed by atoms with Crippen LogP contribution in [0.15, 0.2) is 42.6 Å². The molecule has 3 heterocycles. The maximum Gasteiger partial charge on any atom is 0.417 e. The number of aromatic nitrogens is 2. The number of alkyl halides is 5. The van der Waals surface area contributed by atoms with Crippen LogP contribution in [0.2, 0.25) is 0 Å². The summed E-state index contributed by atoms with van der Waals surface area (Å²) >= 11 is 1.18. The van der Waals surface area contributed by atoms with Crippen molar-refractivity contribution in [1.82, 2.24) is 14.9 Å². The predicted molar refractivity (Wildman–Crippen MR) is 121 cm³/mol. The molecule has 2 atom stereocenters. The van der Waals surface area contributed by atoms with Crippen molar-refractivity contribution < 1.29 is 35.9 Å². The highest BCUT2D eigenvalue weighted by Gasteiger charge is 2.47. The molecule has 192 valence electrons. The number of hydrogen-bond acceptors (Lipinski definition) is 5. The molecule has 0 radical (unpaired) electrons. The molecule has 0 spiro atoms. The van der Waals surface area contributed by atoms with Crippen LogP contribution in [-0.4, -0.2) is 45.9 Å². The molecule has 0 unspecified atom stereocenters. The van der Waals surface area contributed by atoms with Crippen LogP contribution in [0.25, 0.3) is 10.4 Å². The van der Waals surface area contributed by atoms with Gasteiger partial charge in [0.2, 0.25) is 5.88 Å². The van der Waals surface area contributed by atoms with Crippen molar-refractivity contribution in [3.63, 3.8) is 0 Å². The molecule has 1 aromatic carbocycles. The second-order valence-corrected chi connectivity index (χ2v) is 9.85. The highest BCUT2D eigenvalue weighted by atomic mass is 32.1. The van der Waals surface area contributed by atoms with Crippen LogP contribution in [0.5, 0.6) is 5.88 Å². The van der Waals surface area contributed by atoms with Gasteiger partial charge in [-0.2, -0.15) is 13.2 Å². The van der Waals surface area contributed by atoms with Gasteiger partial charge < -0.3 is 9.64 Å². The standard InChI is InChI=1S/C24H21F6N3O2S/c1-13-9-23(26,27)12-33(18(13)11-35-19-8-5-16(10-31-19)24(28,29)30)22(34)20-21(36-14(2)32-20)15-3-6-17(25)7-4-15/h3-8,10,13,18H,9,11-12H2,1-2H3/t13-,18-/m1/s1. The zero-order chi connectivity index (χ0) is 26.3. The summed E-state index contributed by atoms with van der Waals surface area (Å²) in [5.41, 5.74) is -0.472. The van der Waals surface area contributed by atoms with Crippen LogP contribution in [0.4, 0.5) is 26.3 Å². The van der Waals surface area contributed by atoms with Gasteiger partial charge in [-0.1, -0.05) is 19.1 Å². The summed E-state index contributed by atoms with van der Waals surface area (Å²) in [6.45, 7) is 2.09. The Bertz CT molecular complexity index is 1230. The van der Waals surface area contributed by atoms with Crippen molar-refractivity contribution in [2.45, 2.75) is 38.4 Å². The average Bonchev–Trinajstić information content (AvgIpc) is 3.19. The molecule has 12 heteroatoms. The number of aryl methyl sites for hydroxylation is 1. The van der Waals surface area contributed by atoms with Crippen LogP contribution in [0.3, 0.4) is 0 Å². The Kier molecular flexibility index (Phi) is 7.00. The van der Waals surface area contributed by atoms with Crippen LogP contribution in [0.1, 0.15) is 34.4 Å². The van der Waals surface area contributed by atoms with Crippen LogP contribution >= 0.6 is 11.3 Å². The van der Waals surface area contributed by atoms with E-state index >= 15 is 0 Å². The van der Waals surface area contributed by atoms with E-state index in [1.165, 1.54) is 35.6 Å². The maximum absolute atomic E-state index is 14.5. The molecule has 2 aromatic heterocycles. The zero-order valence-corrected chi connectivity index (χ0v) is 20.0. The zero-order valence-electron chi connectivity index (χ0n) is 19.2. The molecule has 1 aliphatic rings. The number of piperidine rings is 1. The Morgan fingerprint density at radius 3 is 2.50 bits per heavy atom. The number of carbonyl (C=O) groups is 1. The number of rotatable bonds is 5. The molecule has 0 aliphatic carbocycles. The fraction of sp³-hybridized carbons (Fsp3) is 0.375. The van der Waals surface area contributed by atoms with Crippen molar-refractivity contribution in [3.8, 4) is 16.3 Å². The molecule has 5 nitrogen and oxygen atoms in total. The number of thiazole rings is 1. The van der Waals surface area contributed by atoms with E-state index in [0.29, 0.717) is 21.6 Å². The third-order valence-electron chi connectivity index (χ3n) is 5.85. The summed E-state index contributed by atoms with van der Waals surface area (Å²) in [4.78, 5) is 22.9. The van der Waals surface area contributed by atoms with Gasteiger partial charge in [-0.25, -0.2) is 23.1 Å². The van der Waals surface area contributed by atoms with E-state index in [9.17, 15) is 31.1 Å². The first-order valence-electron chi connectivity index (χ1n) is 10.9. The van der Waals surface area contributed by atoms with Gasteiger partial charge >= 0.3 is 6.18 Å². The monoisotopic (exact) mass is 529 g/mol. The molecule has 1 aliphatic heterocycles. The number of nitrogens with zero attached hydrogens (tertiary/aromatic N) is 3. The molecule has 3 aromatic rings. The molecule has 1 amide bonds. The number of amides is 1. The van der Waals surface area contributed by atoms with Crippen LogP contribution < -0.4 is 4.74 Å². The van der Waals surface area contributed by atoms with E-state index < -0.39 is 54.3 Å². The Morgan fingerprint density at radius 1 is 1.19 bits per heavy atom. The van der Waals surface area contributed by atoms with Crippen LogP contribution in [-0.2, 0) is 6.18 Å². The smallest absolute Gasteiger partial charge is 0.417 e. The fourth-order valence-electron chi connectivity index (χ4n) is 4.13. The second-order valence-electron chi connectivity index (χ2n) is 8.65. The van der Waals surface area contributed by atoms with Crippen molar-refractivity contribution in [3.05, 3.63) is 64.7 Å². The second kappa shape index (κ2) is 9.72. The quantitative estimate of drug-likeness (QED) is 0.368. The molecule has 36 heavy (non-hydrogen) atoms. The average molecular weight is 530 g/mol. The Hall–Kier alpha value is -3.15. The normalized spacial score (nSPS) is 19.8. The molecule has 0 N–H and O–H groups in total. The lowest BCUT2D eigenvalue weighted by Gasteiger charge is -2.42. The number of benzene rings is 1. The van der Waals surface area contributed by atoms with Gasteiger partial charge in [0.25, 0.3) is 11.8 Å². The summed E-state index contributed by atoms with van der Waals surface area (Å²) in [6, 6.07) is 6.42. The Labute approximate surface area is 206 Å². The summed E-state index contributed by atoms with van der Waals surface area (Å²) in [7, 11) is 0. The SMILES string of the molecule is Cc1nc(C(=O)N2CC(F)(F)C[C@@H](C)[C@H]2COc2ccc(C(F)(F)F)cn2)c(-c2ccc(F)cc2)s1. The Morgan fingerprint density at radius 2 is 1.89 bits per heavy atom.